The zero-order valence-corrected chi connectivity index (χ0v) is 8.96. The monoisotopic (exact) mass is 223 g/mol. The molecule has 0 bridgehead atoms. The minimum absolute atomic E-state index is 0.334. The van der Waals surface area contributed by atoms with Gasteiger partial charge in [-0.1, -0.05) is 30.3 Å². The second kappa shape index (κ2) is 4.95. The van der Waals surface area contributed by atoms with Crippen molar-refractivity contribution in [3.05, 3.63) is 60.2 Å². The minimum Gasteiger partial charge on any atom is -0.457 e. The van der Waals surface area contributed by atoms with E-state index in [9.17, 15) is 4.79 Å². The van der Waals surface area contributed by atoms with Gasteiger partial charge in [0.25, 0.3) is 5.78 Å². The summed E-state index contributed by atoms with van der Waals surface area (Å²) in [7, 11) is 0. The van der Waals surface area contributed by atoms with Gasteiger partial charge in [-0.15, -0.1) is 0 Å². The van der Waals surface area contributed by atoms with E-state index in [1.54, 1.807) is 30.3 Å². The van der Waals surface area contributed by atoms with Crippen molar-refractivity contribution in [1.82, 2.24) is 0 Å². The Morgan fingerprint density at radius 2 is 1.71 bits per heavy atom. The van der Waals surface area contributed by atoms with Gasteiger partial charge in [0, 0.05) is 5.56 Å². The van der Waals surface area contributed by atoms with Gasteiger partial charge in [-0.3, -0.25) is 4.79 Å². The van der Waals surface area contributed by atoms with Crippen molar-refractivity contribution in [2.24, 2.45) is 0 Å². The predicted octanol–water partition coefficient (Wildman–Crippen LogP) is 3.19. The van der Waals surface area contributed by atoms with E-state index in [4.69, 9.17) is 10.00 Å². The van der Waals surface area contributed by atoms with Crippen molar-refractivity contribution < 1.29 is 9.53 Å². The summed E-state index contributed by atoms with van der Waals surface area (Å²) in [5, 5.41) is 8.53. The van der Waals surface area contributed by atoms with Crippen molar-refractivity contribution in [1.29, 1.82) is 5.26 Å². The second-order valence-corrected chi connectivity index (χ2v) is 3.38. The van der Waals surface area contributed by atoms with Crippen LogP contribution in [0.1, 0.15) is 10.4 Å². The molecule has 2 rings (SSSR count). The Morgan fingerprint density at radius 3 is 2.41 bits per heavy atom. The molecule has 0 unspecified atom stereocenters. The van der Waals surface area contributed by atoms with Crippen LogP contribution >= 0.6 is 0 Å². The second-order valence-electron chi connectivity index (χ2n) is 3.38. The van der Waals surface area contributed by atoms with Gasteiger partial charge in [0.05, 0.1) is 0 Å². The van der Waals surface area contributed by atoms with Gasteiger partial charge in [-0.25, -0.2) is 0 Å². The highest BCUT2D eigenvalue weighted by atomic mass is 16.5. The molecule has 3 heteroatoms. The van der Waals surface area contributed by atoms with Crippen LogP contribution in [0.2, 0.25) is 0 Å². The molecule has 0 radical (unpaired) electrons. The molecule has 0 aliphatic heterocycles. The lowest BCUT2D eigenvalue weighted by atomic mass is 10.1. The molecule has 0 heterocycles. The zero-order chi connectivity index (χ0) is 12.1. The van der Waals surface area contributed by atoms with E-state index >= 15 is 0 Å². The number of carbonyl (C=O) groups is 1. The van der Waals surface area contributed by atoms with Crippen molar-refractivity contribution in [2.45, 2.75) is 0 Å². The van der Waals surface area contributed by atoms with Crippen molar-refractivity contribution in [3.63, 3.8) is 0 Å². The van der Waals surface area contributed by atoms with E-state index in [2.05, 4.69) is 0 Å². The Kier molecular flexibility index (Phi) is 3.18. The molecule has 2 aromatic rings. The fourth-order valence-corrected chi connectivity index (χ4v) is 1.39. The van der Waals surface area contributed by atoms with Crippen molar-refractivity contribution in [2.75, 3.05) is 0 Å². The highest BCUT2D eigenvalue weighted by Gasteiger charge is 2.05. The first kappa shape index (κ1) is 10.9. The van der Waals surface area contributed by atoms with Gasteiger partial charge in [0.15, 0.2) is 0 Å². The van der Waals surface area contributed by atoms with E-state index in [0.29, 0.717) is 17.1 Å². The van der Waals surface area contributed by atoms with Crippen LogP contribution in [-0.2, 0) is 0 Å². The van der Waals surface area contributed by atoms with Crippen LogP contribution in [0.25, 0.3) is 0 Å². The van der Waals surface area contributed by atoms with E-state index in [1.165, 1.54) is 0 Å². The lowest BCUT2D eigenvalue weighted by molar-refractivity contribution is 0.105. The third kappa shape index (κ3) is 2.70. The number of nitriles is 1. The number of carbonyl (C=O) groups excluding carboxylic acids is 1. The average molecular weight is 223 g/mol. The number of rotatable bonds is 3. The molecular weight excluding hydrogens is 214 g/mol. The molecule has 0 fully saturated rings. The smallest absolute Gasteiger partial charge is 0.262 e. The summed E-state index contributed by atoms with van der Waals surface area (Å²) in [6.45, 7) is 0. The van der Waals surface area contributed by atoms with Gasteiger partial charge in [0.2, 0.25) is 0 Å². The largest absolute Gasteiger partial charge is 0.457 e. The SMILES string of the molecule is N#CC(=O)c1cccc(Oc2ccccc2)c1. The van der Waals surface area contributed by atoms with Crippen molar-refractivity contribution >= 4 is 5.78 Å². The number of Topliss-reactive ketones (excluding diaryl/α,β-unsaturated/α-hetero) is 1. The minimum atomic E-state index is -0.566. The van der Waals surface area contributed by atoms with Crippen LogP contribution < -0.4 is 4.74 Å². The molecule has 0 N–H and O–H groups in total. The lowest BCUT2D eigenvalue weighted by Crippen LogP contribution is -1.94. The van der Waals surface area contributed by atoms with Gasteiger partial charge < -0.3 is 4.74 Å². The van der Waals surface area contributed by atoms with Gasteiger partial charge >= 0.3 is 0 Å². The van der Waals surface area contributed by atoms with Crippen LogP contribution in [0.15, 0.2) is 54.6 Å². The van der Waals surface area contributed by atoms with Gasteiger partial charge in [-0.2, -0.15) is 5.26 Å². The number of hydrogen-bond acceptors (Lipinski definition) is 3. The van der Waals surface area contributed by atoms with Crippen LogP contribution in [-0.4, -0.2) is 5.78 Å². The van der Waals surface area contributed by atoms with E-state index in [1.807, 2.05) is 30.3 Å². The third-order valence-corrected chi connectivity index (χ3v) is 2.18. The first-order valence-corrected chi connectivity index (χ1v) is 5.07. The van der Waals surface area contributed by atoms with Crippen LogP contribution in [0, 0.1) is 11.3 Å². The van der Waals surface area contributed by atoms with Crippen LogP contribution in [0.4, 0.5) is 0 Å². The molecule has 0 spiro atoms. The quantitative estimate of drug-likeness (QED) is 0.593. The van der Waals surface area contributed by atoms with E-state index in [0.717, 1.165) is 0 Å². The number of ether oxygens (including phenoxy) is 1. The molecule has 82 valence electrons. The number of benzene rings is 2. The summed E-state index contributed by atoms with van der Waals surface area (Å²) >= 11 is 0. The molecule has 2 aromatic carbocycles. The van der Waals surface area contributed by atoms with E-state index in [-0.39, 0.29) is 0 Å². The van der Waals surface area contributed by atoms with Gasteiger partial charge in [0.1, 0.15) is 17.6 Å². The van der Waals surface area contributed by atoms with Gasteiger partial charge in [-0.05, 0) is 24.3 Å². The first-order chi connectivity index (χ1) is 8.29. The highest BCUT2D eigenvalue weighted by Crippen LogP contribution is 2.21. The third-order valence-electron chi connectivity index (χ3n) is 2.18. The highest BCUT2D eigenvalue weighted by molar-refractivity contribution is 6.07. The Morgan fingerprint density at radius 1 is 1.00 bits per heavy atom. The summed E-state index contributed by atoms with van der Waals surface area (Å²) in [6.07, 6.45) is 0. The summed E-state index contributed by atoms with van der Waals surface area (Å²) in [5.74, 6) is 0.662. The molecule has 0 aliphatic rings. The maximum absolute atomic E-state index is 11.2. The summed E-state index contributed by atoms with van der Waals surface area (Å²) in [4.78, 5) is 11.2. The first-order valence-electron chi connectivity index (χ1n) is 5.07. The molecule has 0 saturated heterocycles. The van der Waals surface area contributed by atoms with Crippen LogP contribution in [0.3, 0.4) is 0 Å². The Bertz CT molecular complexity index is 570. The molecule has 17 heavy (non-hydrogen) atoms. The predicted molar refractivity (Wildman–Crippen MR) is 62.9 cm³/mol. The topological polar surface area (TPSA) is 50.1 Å². The Balaban J connectivity index is 2.23. The van der Waals surface area contributed by atoms with Crippen LogP contribution in [0.5, 0.6) is 11.5 Å². The maximum Gasteiger partial charge on any atom is 0.262 e. The standard InChI is InChI=1S/C14H9NO2/c15-10-14(16)11-5-4-8-13(9-11)17-12-6-2-1-3-7-12/h1-9H. The summed E-state index contributed by atoms with van der Waals surface area (Å²) < 4.78 is 5.55. The fourth-order valence-electron chi connectivity index (χ4n) is 1.39. The summed E-state index contributed by atoms with van der Waals surface area (Å²) in [6, 6.07) is 17.4. The number of nitrogens with zero attached hydrogens (tertiary/aromatic N) is 1. The Hall–Kier alpha value is -2.60. The molecule has 0 atom stereocenters. The molecule has 0 amide bonds. The fraction of sp³-hybridized carbons (Fsp3) is 0. The Labute approximate surface area is 98.9 Å². The number of para-hydroxylation sites is 1. The molecule has 3 nitrogen and oxygen atoms in total. The number of hydrogen-bond donors (Lipinski definition) is 0. The maximum atomic E-state index is 11.2. The molecule has 0 aliphatic carbocycles. The zero-order valence-electron chi connectivity index (χ0n) is 8.96. The molecular formula is C14H9NO2. The molecule has 0 aromatic heterocycles. The average Bonchev–Trinajstić information content (AvgIpc) is 2.39. The molecule has 0 saturated carbocycles. The summed E-state index contributed by atoms with van der Waals surface area (Å²) in [5.41, 5.74) is 0.334. The van der Waals surface area contributed by atoms with E-state index < -0.39 is 5.78 Å². The normalized spacial score (nSPS) is 9.35. The number of ketones is 1. The lowest BCUT2D eigenvalue weighted by Gasteiger charge is -2.05. The van der Waals surface area contributed by atoms with Crippen molar-refractivity contribution in [3.8, 4) is 17.6 Å².